The van der Waals surface area contributed by atoms with Gasteiger partial charge in [0.2, 0.25) is 10.0 Å². The van der Waals surface area contributed by atoms with Gasteiger partial charge in [0.05, 0.1) is 35.3 Å². The van der Waals surface area contributed by atoms with E-state index in [1.54, 1.807) is 6.07 Å². The number of hydrogen-bond acceptors (Lipinski definition) is 4. The standard InChI is InChI=1S/C16H14F3N3O3S/c1-26(24,25)20-9-14-13-8-12(23)6-7-15(13)22(21-14)11-4-2-10(3-5-11)16(17,18)19/h2-8,20,23H,9H2,1H3. The van der Waals surface area contributed by atoms with Crippen LogP contribution in [-0.2, 0) is 22.7 Å². The fourth-order valence-electron chi connectivity index (χ4n) is 2.49. The second-order valence-electron chi connectivity index (χ2n) is 5.70. The number of alkyl halides is 3. The van der Waals surface area contributed by atoms with Gasteiger partial charge in [-0.25, -0.2) is 17.8 Å². The minimum atomic E-state index is -4.44. The van der Waals surface area contributed by atoms with Gasteiger partial charge in [-0.15, -0.1) is 0 Å². The Kier molecular flexibility index (Phi) is 4.41. The normalized spacial score (nSPS) is 12.6. The predicted octanol–water partition coefficient (Wildman–Crippen LogP) is 2.80. The van der Waals surface area contributed by atoms with Crippen molar-refractivity contribution in [2.24, 2.45) is 0 Å². The van der Waals surface area contributed by atoms with Gasteiger partial charge in [0.1, 0.15) is 5.75 Å². The Morgan fingerprint density at radius 3 is 2.38 bits per heavy atom. The predicted molar refractivity (Wildman–Crippen MR) is 89.4 cm³/mol. The summed E-state index contributed by atoms with van der Waals surface area (Å²) in [6.45, 7) is -0.119. The van der Waals surface area contributed by atoms with Crippen LogP contribution in [0.3, 0.4) is 0 Å². The van der Waals surface area contributed by atoms with Crippen LogP contribution >= 0.6 is 0 Å². The summed E-state index contributed by atoms with van der Waals surface area (Å²) in [5.74, 6) is -0.0370. The molecule has 3 aromatic rings. The summed E-state index contributed by atoms with van der Waals surface area (Å²) in [4.78, 5) is 0. The van der Waals surface area contributed by atoms with E-state index in [1.807, 2.05) is 0 Å². The largest absolute Gasteiger partial charge is 0.508 e. The van der Waals surface area contributed by atoms with Crippen LogP contribution in [-0.4, -0.2) is 29.6 Å². The zero-order valence-corrected chi connectivity index (χ0v) is 14.3. The van der Waals surface area contributed by atoms with Gasteiger partial charge < -0.3 is 5.11 Å². The molecule has 0 saturated heterocycles. The molecule has 0 aliphatic rings. The number of benzene rings is 2. The molecule has 26 heavy (non-hydrogen) atoms. The maximum Gasteiger partial charge on any atom is 0.416 e. The molecule has 3 rings (SSSR count). The molecule has 6 nitrogen and oxygen atoms in total. The van der Waals surface area contributed by atoms with Gasteiger partial charge in [0.25, 0.3) is 0 Å². The highest BCUT2D eigenvalue weighted by Gasteiger charge is 2.30. The van der Waals surface area contributed by atoms with Gasteiger partial charge in [-0.2, -0.15) is 18.3 Å². The SMILES string of the molecule is CS(=O)(=O)NCc1nn(-c2ccc(C(F)(F)F)cc2)c2ccc(O)cc12. The lowest BCUT2D eigenvalue weighted by molar-refractivity contribution is -0.137. The van der Waals surface area contributed by atoms with Gasteiger partial charge in [-0.05, 0) is 42.5 Å². The molecule has 0 atom stereocenters. The maximum atomic E-state index is 12.7. The first kappa shape index (κ1) is 18.2. The van der Waals surface area contributed by atoms with Crippen LogP contribution in [0.1, 0.15) is 11.3 Å². The van der Waals surface area contributed by atoms with E-state index in [2.05, 4.69) is 9.82 Å². The molecule has 0 spiro atoms. The van der Waals surface area contributed by atoms with Crippen molar-refractivity contribution in [1.29, 1.82) is 0 Å². The van der Waals surface area contributed by atoms with Gasteiger partial charge in [0, 0.05) is 5.39 Å². The minimum absolute atomic E-state index is 0.0370. The fraction of sp³-hybridized carbons (Fsp3) is 0.188. The van der Waals surface area contributed by atoms with Crippen LogP contribution in [0.4, 0.5) is 13.2 Å². The molecule has 1 heterocycles. The van der Waals surface area contributed by atoms with E-state index in [9.17, 15) is 26.7 Å². The first-order valence-electron chi connectivity index (χ1n) is 7.37. The van der Waals surface area contributed by atoms with Crippen LogP contribution in [0, 0.1) is 0 Å². The molecule has 0 radical (unpaired) electrons. The number of hydrogen-bond donors (Lipinski definition) is 2. The van der Waals surface area contributed by atoms with Crippen molar-refractivity contribution < 1.29 is 26.7 Å². The number of phenolic OH excluding ortho intramolecular Hbond substituents is 1. The summed E-state index contributed by atoms with van der Waals surface area (Å²) in [5, 5.41) is 14.5. The van der Waals surface area contributed by atoms with Crippen molar-refractivity contribution in [2.45, 2.75) is 12.7 Å². The lowest BCUT2D eigenvalue weighted by Gasteiger charge is -2.08. The Balaban J connectivity index is 2.08. The molecule has 0 aliphatic carbocycles. The highest BCUT2D eigenvalue weighted by Crippen LogP contribution is 2.31. The molecule has 0 fully saturated rings. The van der Waals surface area contributed by atoms with Crippen molar-refractivity contribution in [2.75, 3.05) is 6.26 Å². The van der Waals surface area contributed by atoms with Gasteiger partial charge in [0.15, 0.2) is 0 Å². The van der Waals surface area contributed by atoms with Crippen LogP contribution < -0.4 is 4.72 Å². The van der Waals surface area contributed by atoms with Crippen molar-refractivity contribution >= 4 is 20.9 Å². The Bertz CT molecular complexity index is 1060. The molecule has 0 bridgehead atoms. The topological polar surface area (TPSA) is 84.2 Å². The number of aromatic nitrogens is 2. The summed E-state index contributed by atoms with van der Waals surface area (Å²) >= 11 is 0. The first-order chi connectivity index (χ1) is 12.0. The van der Waals surface area contributed by atoms with E-state index in [-0.39, 0.29) is 12.3 Å². The zero-order chi connectivity index (χ0) is 19.1. The summed E-state index contributed by atoms with van der Waals surface area (Å²) in [6.07, 6.45) is -3.44. The quantitative estimate of drug-likeness (QED) is 0.723. The van der Waals surface area contributed by atoms with Crippen molar-refractivity contribution in [3.63, 3.8) is 0 Å². The second-order valence-corrected chi connectivity index (χ2v) is 7.53. The molecule has 0 unspecified atom stereocenters. The molecule has 0 aliphatic heterocycles. The average molecular weight is 385 g/mol. The van der Waals surface area contributed by atoms with Gasteiger partial charge in [-0.1, -0.05) is 0 Å². The Morgan fingerprint density at radius 2 is 1.81 bits per heavy atom. The molecule has 0 saturated carbocycles. The van der Waals surface area contributed by atoms with E-state index in [0.717, 1.165) is 18.4 Å². The molecule has 2 N–H and O–H groups in total. The van der Waals surface area contributed by atoms with E-state index >= 15 is 0 Å². The number of phenols is 1. The molecule has 1 aromatic heterocycles. The molecule has 2 aromatic carbocycles. The second kappa shape index (κ2) is 6.29. The van der Waals surface area contributed by atoms with Gasteiger partial charge >= 0.3 is 6.18 Å². The summed E-state index contributed by atoms with van der Waals surface area (Å²) < 4.78 is 64.5. The number of fused-ring (bicyclic) bond motifs is 1. The number of sulfonamides is 1. The van der Waals surface area contributed by atoms with Crippen LogP contribution in [0.25, 0.3) is 16.6 Å². The van der Waals surface area contributed by atoms with E-state index < -0.39 is 21.8 Å². The Labute approximate surface area is 146 Å². The zero-order valence-electron chi connectivity index (χ0n) is 13.4. The molecule has 0 amide bonds. The van der Waals surface area contributed by atoms with E-state index in [0.29, 0.717) is 22.3 Å². The smallest absolute Gasteiger partial charge is 0.416 e. The summed E-state index contributed by atoms with van der Waals surface area (Å²) in [7, 11) is -3.47. The van der Waals surface area contributed by atoms with Crippen molar-refractivity contribution in [3.8, 4) is 11.4 Å². The third kappa shape index (κ3) is 3.81. The monoisotopic (exact) mass is 385 g/mol. The number of nitrogens with one attached hydrogen (secondary N) is 1. The summed E-state index contributed by atoms with van der Waals surface area (Å²) in [6, 6.07) is 8.82. The molecule has 10 heteroatoms. The highest BCUT2D eigenvalue weighted by atomic mass is 32.2. The lowest BCUT2D eigenvalue weighted by Crippen LogP contribution is -2.21. The lowest BCUT2D eigenvalue weighted by atomic mass is 10.2. The molecule has 138 valence electrons. The highest BCUT2D eigenvalue weighted by molar-refractivity contribution is 7.88. The van der Waals surface area contributed by atoms with Crippen LogP contribution in [0.15, 0.2) is 42.5 Å². The maximum absolute atomic E-state index is 12.7. The summed E-state index contributed by atoms with van der Waals surface area (Å²) in [5.41, 5.74) is 0.447. The van der Waals surface area contributed by atoms with Crippen molar-refractivity contribution in [1.82, 2.24) is 14.5 Å². The minimum Gasteiger partial charge on any atom is -0.508 e. The average Bonchev–Trinajstić information content (AvgIpc) is 2.89. The van der Waals surface area contributed by atoms with Gasteiger partial charge in [-0.3, -0.25) is 0 Å². The van der Waals surface area contributed by atoms with Crippen molar-refractivity contribution in [3.05, 3.63) is 53.7 Å². The number of nitrogens with zero attached hydrogens (tertiary/aromatic N) is 2. The van der Waals surface area contributed by atoms with Crippen LogP contribution in [0.2, 0.25) is 0 Å². The van der Waals surface area contributed by atoms with Crippen LogP contribution in [0.5, 0.6) is 5.75 Å². The number of halogens is 3. The Hall–Kier alpha value is -2.59. The van der Waals surface area contributed by atoms with E-state index in [4.69, 9.17) is 0 Å². The van der Waals surface area contributed by atoms with E-state index in [1.165, 1.54) is 28.9 Å². The molecular formula is C16H14F3N3O3S. The first-order valence-corrected chi connectivity index (χ1v) is 9.26. The Morgan fingerprint density at radius 1 is 1.15 bits per heavy atom. The molecular weight excluding hydrogens is 371 g/mol. The third-order valence-corrected chi connectivity index (χ3v) is 4.35. The fourth-order valence-corrected chi connectivity index (χ4v) is 2.89. The number of rotatable bonds is 4. The number of aromatic hydroxyl groups is 1. The third-order valence-electron chi connectivity index (χ3n) is 3.68.